The topological polar surface area (TPSA) is 12.9 Å². The van der Waals surface area contributed by atoms with Crippen LogP contribution < -0.4 is 0 Å². The van der Waals surface area contributed by atoms with Gasteiger partial charge in [-0.25, -0.2) is 4.98 Å². The molecule has 0 aromatic carbocycles. The van der Waals surface area contributed by atoms with E-state index in [1.807, 2.05) is 0 Å². The first-order valence-electron chi connectivity index (χ1n) is 3.67. The van der Waals surface area contributed by atoms with Gasteiger partial charge in [-0.3, -0.25) is 0 Å². The van der Waals surface area contributed by atoms with E-state index in [4.69, 9.17) is 0 Å². The molecular weight excluding hydrogens is 294 g/mol. The molecule has 5 heteroatoms. The van der Waals surface area contributed by atoms with Crippen molar-refractivity contribution in [1.29, 1.82) is 0 Å². The summed E-state index contributed by atoms with van der Waals surface area (Å²) < 4.78 is 37.1. The highest BCUT2D eigenvalue weighted by Gasteiger charge is 2.31. The predicted molar refractivity (Wildman–Crippen MR) is 51.3 cm³/mol. The van der Waals surface area contributed by atoms with E-state index in [0.717, 1.165) is 12.1 Å². The monoisotopic (exact) mass is 301 g/mol. The van der Waals surface area contributed by atoms with Crippen LogP contribution in [0.15, 0.2) is 12.1 Å². The Morgan fingerprint density at radius 2 is 2.00 bits per heavy atom. The number of aromatic nitrogens is 1. The lowest BCUT2D eigenvalue weighted by molar-refractivity contribution is -0.137. The Kier molecular flexibility index (Phi) is 3.15. The molecule has 72 valence electrons. The number of hydrogen-bond acceptors (Lipinski definition) is 1. The molecule has 0 aliphatic rings. The lowest BCUT2D eigenvalue weighted by atomic mass is 10.2. The van der Waals surface area contributed by atoms with E-state index in [0.29, 0.717) is 15.8 Å². The molecule has 0 saturated heterocycles. The predicted octanol–water partition coefficient (Wildman–Crippen LogP) is 3.27. The highest BCUT2D eigenvalue weighted by atomic mass is 127. The van der Waals surface area contributed by atoms with Crippen LogP contribution in [0.4, 0.5) is 13.2 Å². The largest absolute Gasteiger partial charge is 0.416 e. The lowest BCUT2D eigenvalue weighted by Crippen LogP contribution is -2.07. The minimum absolute atomic E-state index is 0.379. The van der Waals surface area contributed by atoms with Gasteiger partial charge in [0.15, 0.2) is 0 Å². The zero-order valence-electron chi connectivity index (χ0n) is 6.82. The van der Waals surface area contributed by atoms with Crippen molar-refractivity contribution < 1.29 is 13.2 Å². The van der Waals surface area contributed by atoms with E-state index in [2.05, 4.69) is 4.98 Å². The summed E-state index contributed by atoms with van der Waals surface area (Å²) in [6, 6.07) is 2.13. The minimum Gasteiger partial charge on any atom is -0.247 e. The molecule has 1 aromatic rings. The van der Waals surface area contributed by atoms with Crippen LogP contribution in [0.3, 0.4) is 0 Å². The van der Waals surface area contributed by atoms with Gasteiger partial charge < -0.3 is 0 Å². The molecule has 0 aliphatic heterocycles. The van der Waals surface area contributed by atoms with Crippen LogP contribution >= 0.6 is 22.6 Å². The summed E-state index contributed by atoms with van der Waals surface area (Å²) in [7, 11) is 0. The fourth-order valence-corrected chi connectivity index (χ4v) is 1.54. The zero-order chi connectivity index (χ0) is 10.1. The Morgan fingerprint density at radius 3 is 2.46 bits per heavy atom. The number of nitrogens with zero attached hydrogens (tertiary/aromatic N) is 1. The number of alkyl halides is 3. The van der Waals surface area contributed by atoms with Gasteiger partial charge in [-0.1, -0.05) is 6.92 Å². The number of halogens is 4. The Morgan fingerprint density at radius 1 is 1.38 bits per heavy atom. The number of pyridine rings is 1. The van der Waals surface area contributed by atoms with Gasteiger partial charge in [0.25, 0.3) is 0 Å². The van der Waals surface area contributed by atoms with Gasteiger partial charge >= 0.3 is 6.18 Å². The molecule has 1 nitrogen and oxygen atoms in total. The molecule has 1 heterocycles. The van der Waals surface area contributed by atoms with E-state index in [1.54, 1.807) is 29.5 Å². The van der Waals surface area contributed by atoms with Crippen molar-refractivity contribution in [2.24, 2.45) is 0 Å². The number of aryl methyl sites for hydroxylation is 1. The summed E-state index contributed by atoms with van der Waals surface area (Å²) in [4.78, 5) is 3.95. The molecule has 0 fully saturated rings. The van der Waals surface area contributed by atoms with Crippen LogP contribution in [0.1, 0.15) is 18.2 Å². The first-order valence-corrected chi connectivity index (χ1v) is 4.75. The van der Waals surface area contributed by atoms with Crippen molar-refractivity contribution in [1.82, 2.24) is 4.98 Å². The lowest BCUT2D eigenvalue weighted by Gasteiger charge is -2.08. The van der Waals surface area contributed by atoms with E-state index < -0.39 is 11.7 Å². The van der Waals surface area contributed by atoms with Crippen molar-refractivity contribution in [3.63, 3.8) is 0 Å². The van der Waals surface area contributed by atoms with Gasteiger partial charge in [-0.2, -0.15) is 13.2 Å². The van der Waals surface area contributed by atoms with Crippen LogP contribution in [0.5, 0.6) is 0 Å². The highest BCUT2D eigenvalue weighted by Crippen LogP contribution is 2.30. The summed E-state index contributed by atoms with van der Waals surface area (Å²) in [5.74, 6) is 0. The Balaban J connectivity index is 3.16. The van der Waals surface area contributed by atoms with E-state index in [-0.39, 0.29) is 0 Å². The molecule has 1 rings (SSSR count). The standard InChI is InChI=1S/C8H7F3IN/c1-2-6-3-5(8(9,10)11)4-7(12)13-6/h3-4H,2H2,1H3. The van der Waals surface area contributed by atoms with Crippen molar-refractivity contribution in [3.05, 3.63) is 27.1 Å². The van der Waals surface area contributed by atoms with E-state index >= 15 is 0 Å². The average Bonchev–Trinajstić information content (AvgIpc) is 2.01. The fraction of sp³-hybridized carbons (Fsp3) is 0.375. The Hall–Kier alpha value is -0.330. The van der Waals surface area contributed by atoms with Crippen molar-refractivity contribution in [3.8, 4) is 0 Å². The third-order valence-electron chi connectivity index (χ3n) is 1.54. The van der Waals surface area contributed by atoms with Crippen LogP contribution in [-0.4, -0.2) is 4.98 Å². The van der Waals surface area contributed by atoms with Gasteiger partial charge in [0.2, 0.25) is 0 Å². The molecule has 13 heavy (non-hydrogen) atoms. The number of hydrogen-bond donors (Lipinski definition) is 0. The summed E-state index contributed by atoms with van der Waals surface area (Å²) in [5, 5.41) is 0. The first kappa shape index (κ1) is 10.7. The maximum Gasteiger partial charge on any atom is 0.416 e. The minimum atomic E-state index is -4.27. The van der Waals surface area contributed by atoms with Crippen LogP contribution in [0, 0.1) is 3.70 Å². The molecule has 0 radical (unpaired) electrons. The average molecular weight is 301 g/mol. The first-order chi connectivity index (χ1) is 5.93. The molecule has 0 amide bonds. The van der Waals surface area contributed by atoms with Gasteiger partial charge in [-0.05, 0) is 41.1 Å². The van der Waals surface area contributed by atoms with Gasteiger partial charge in [0.1, 0.15) is 3.70 Å². The van der Waals surface area contributed by atoms with Crippen LogP contribution in [0.2, 0.25) is 0 Å². The zero-order valence-corrected chi connectivity index (χ0v) is 8.98. The molecule has 1 aromatic heterocycles. The molecule has 0 saturated carbocycles. The molecular formula is C8H7F3IN. The van der Waals surface area contributed by atoms with Crippen LogP contribution in [0.25, 0.3) is 0 Å². The second kappa shape index (κ2) is 3.81. The van der Waals surface area contributed by atoms with Crippen molar-refractivity contribution in [2.75, 3.05) is 0 Å². The second-order valence-corrected chi connectivity index (χ2v) is 3.63. The summed E-state index contributed by atoms with van der Waals surface area (Å²) in [6.07, 6.45) is -3.76. The maximum absolute atomic E-state index is 12.3. The number of rotatable bonds is 1. The normalized spacial score (nSPS) is 11.8. The third-order valence-corrected chi connectivity index (χ3v) is 2.09. The van der Waals surface area contributed by atoms with Gasteiger partial charge in [0, 0.05) is 5.69 Å². The maximum atomic E-state index is 12.3. The Labute approximate surface area is 87.5 Å². The second-order valence-electron chi connectivity index (χ2n) is 2.52. The third kappa shape index (κ3) is 2.82. The van der Waals surface area contributed by atoms with E-state index in [1.165, 1.54) is 0 Å². The molecule has 0 bridgehead atoms. The molecule has 0 atom stereocenters. The SMILES string of the molecule is CCc1cc(C(F)(F)F)cc(I)n1. The summed E-state index contributed by atoms with van der Waals surface area (Å²) in [5.41, 5.74) is -0.150. The van der Waals surface area contributed by atoms with Crippen LogP contribution in [-0.2, 0) is 12.6 Å². The molecule has 0 aliphatic carbocycles. The van der Waals surface area contributed by atoms with Crippen molar-refractivity contribution >= 4 is 22.6 Å². The van der Waals surface area contributed by atoms with E-state index in [9.17, 15) is 13.2 Å². The molecule has 0 N–H and O–H groups in total. The van der Waals surface area contributed by atoms with Gasteiger partial charge in [0.05, 0.1) is 5.56 Å². The van der Waals surface area contributed by atoms with Crippen molar-refractivity contribution in [2.45, 2.75) is 19.5 Å². The quantitative estimate of drug-likeness (QED) is 0.573. The Bertz CT molecular complexity index is 309. The highest BCUT2D eigenvalue weighted by molar-refractivity contribution is 14.1. The molecule has 0 spiro atoms. The molecule has 0 unspecified atom stereocenters. The summed E-state index contributed by atoms with van der Waals surface area (Å²) in [6.45, 7) is 1.78. The summed E-state index contributed by atoms with van der Waals surface area (Å²) >= 11 is 1.78. The van der Waals surface area contributed by atoms with Gasteiger partial charge in [-0.15, -0.1) is 0 Å². The smallest absolute Gasteiger partial charge is 0.247 e. The fourth-order valence-electron chi connectivity index (χ4n) is 0.896.